The van der Waals surface area contributed by atoms with E-state index >= 15 is 0 Å². The molecular formula is C22H20ClN3O2. The van der Waals surface area contributed by atoms with Gasteiger partial charge in [-0.15, -0.1) is 0 Å². The topological polar surface area (TPSA) is 54.5 Å². The first-order valence-electron chi connectivity index (χ1n) is 9.12. The van der Waals surface area contributed by atoms with Gasteiger partial charge < -0.3 is 10.1 Å². The number of rotatable bonds is 5. The number of fused-ring (bicyclic) bond motifs is 1. The van der Waals surface area contributed by atoms with E-state index in [0.29, 0.717) is 22.9 Å². The van der Waals surface area contributed by atoms with E-state index < -0.39 is 6.17 Å². The van der Waals surface area contributed by atoms with Gasteiger partial charge in [0, 0.05) is 22.6 Å². The van der Waals surface area contributed by atoms with Crippen molar-refractivity contribution in [3.05, 3.63) is 82.6 Å². The first kappa shape index (κ1) is 18.3. The number of hydrogen-bond donors (Lipinski definition) is 1. The van der Waals surface area contributed by atoms with Gasteiger partial charge in [-0.05, 0) is 67.9 Å². The fourth-order valence-electron chi connectivity index (χ4n) is 3.29. The lowest BCUT2D eigenvalue weighted by Crippen LogP contribution is -2.32. The normalized spacial score (nSPS) is 15.5. The highest BCUT2D eigenvalue weighted by Crippen LogP contribution is 2.37. The van der Waals surface area contributed by atoms with Gasteiger partial charge in [0.25, 0.3) is 5.91 Å². The lowest BCUT2D eigenvalue weighted by Gasteiger charge is -2.27. The number of hydrogen-bond acceptors (Lipinski definition) is 4. The first-order chi connectivity index (χ1) is 13.6. The average molecular weight is 394 g/mol. The highest BCUT2D eigenvalue weighted by atomic mass is 35.5. The zero-order valence-electron chi connectivity index (χ0n) is 15.6. The van der Waals surface area contributed by atoms with Gasteiger partial charge in [0.2, 0.25) is 0 Å². The number of carbonyl (C=O) groups excluding carboxylic acids is 1. The van der Waals surface area contributed by atoms with E-state index in [2.05, 4.69) is 10.3 Å². The summed E-state index contributed by atoms with van der Waals surface area (Å²) in [6.45, 7) is 4.48. The van der Waals surface area contributed by atoms with Crippen molar-refractivity contribution in [1.82, 2.24) is 4.98 Å². The number of pyridine rings is 1. The average Bonchev–Trinajstić information content (AvgIpc) is 2.98. The van der Waals surface area contributed by atoms with E-state index in [4.69, 9.17) is 16.3 Å². The third-order valence-electron chi connectivity index (χ3n) is 4.71. The molecule has 3 aromatic rings. The van der Waals surface area contributed by atoms with Crippen molar-refractivity contribution in [3.8, 4) is 5.75 Å². The number of nitrogens with zero attached hydrogens (tertiary/aromatic N) is 2. The van der Waals surface area contributed by atoms with Gasteiger partial charge in [-0.25, -0.2) is 0 Å². The van der Waals surface area contributed by atoms with Gasteiger partial charge in [0.1, 0.15) is 5.75 Å². The van der Waals surface area contributed by atoms with Crippen molar-refractivity contribution in [2.45, 2.75) is 20.0 Å². The van der Waals surface area contributed by atoms with Crippen LogP contribution < -0.4 is 15.0 Å². The summed E-state index contributed by atoms with van der Waals surface area (Å²) < 4.78 is 5.51. The Hall–Kier alpha value is -3.05. The summed E-state index contributed by atoms with van der Waals surface area (Å²) in [6.07, 6.45) is 1.27. The summed E-state index contributed by atoms with van der Waals surface area (Å²) in [5.41, 5.74) is 3.87. The summed E-state index contributed by atoms with van der Waals surface area (Å²) in [7, 11) is 0. The largest absolute Gasteiger partial charge is 0.494 e. The second-order valence-electron chi connectivity index (χ2n) is 6.55. The summed E-state index contributed by atoms with van der Waals surface area (Å²) >= 11 is 6.28. The molecule has 0 spiro atoms. The number of nitrogens with one attached hydrogen (secondary N) is 1. The molecule has 0 fully saturated rings. The number of halogens is 1. The smallest absolute Gasteiger partial charge is 0.262 e. The summed E-state index contributed by atoms with van der Waals surface area (Å²) in [5, 5.41) is 4.08. The van der Waals surface area contributed by atoms with Crippen LogP contribution in [-0.4, -0.2) is 17.5 Å². The molecule has 2 aromatic carbocycles. The second-order valence-corrected chi connectivity index (χ2v) is 6.96. The SMILES string of the molecule is CCOc1ccc(N2C(=O)c3cccnc3[C@H]2Nc2ccc(C)c(Cl)c2)cc1. The fourth-order valence-corrected chi connectivity index (χ4v) is 3.48. The Bertz CT molecular complexity index is 1020. The fraction of sp³-hybridized carbons (Fsp3) is 0.182. The van der Waals surface area contributed by atoms with Crippen LogP contribution in [0.2, 0.25) is 5.02 Å². The van der Waals surface area contributed by atoms with Crippen LogP contribution in [0.1, 0.15) is 34.7 Å². The highest BCUT2D eigenvalue weighted by molar-refractivity contribution is 6.31. The van der Waals surface area contributed by atoms with Gasteiger partial charge >= 0.3 is 0 Å². The van der Waals surface area contributed by atoms with E-state index in [1.807, 2.05) is 56.3 Å². The standard InChI is InChI=1S/C22H20ClN3O2/c1-3-28-17-10-8-16(9-11-17)26-21(20-18(22(26)27)5-4-12-24-20)25-15-7-6-14(2)19(23)13-15/h4-13,21,25H,3H2,1-2H3/t21-/m0/s1. The van der Waals surface area contributed by atoms with Gasteiger partial charge in [-0.3, -0.25) is 14.7 Å². The maximum atomic E-state index is 13.1. The van der Waals surface area contributed by atoms with Crippen molar-refractivity contribution in [2.24, 2.45) is 0 Å². The molecule has 1 aliphatic rings. The molecule has 1 atom stereocenters. The molecule has 1 aliphatic heterocycles. The third kappa shape index (κ3) is 3.29. The maximum Gasteiger partial charge on any atom is 0.262 e. The Morgan fingerprint density at radius 3 is 2.68 bits per heavy atom. The molecule has 0 unspecified atom stereocenters. The van der Waals surface area contributed by atoms with Gasteiger partial charge in [-0.1, -0.05) is 17.7 Å². The quantitative estimate of drug-likeness (QED) is 0.646. The van der Waals surface area contributed by atoms with Gasteiger partial charge in [0.05, 0.1) is 17.9 Å². The lowest BCUT2D eigenvalue weighted by atomic mass is 10.2. The molecule has 5 nitrogen and oxygen atoms in total. The van der Waals surface area contributed by atoms with Gasteiger partial charge in [0.15, 0.2) is 6.17 Å². The molecule has 28 heavy (non-hydrogen) atoms. The predicted octanol–water partition coefficient (Wildman–Crippen LogP) is 5.21. The van der Waals surface area contributed by atoms with Crippen LogP contribution in [0.3, 0.4) is 0 Å². The van der Waals surface area contributed by atoms with Crippen molar-refractivity contribution < 1.29 is 9.53 Å². The molecular weight excluding hydrogens is 374 g/mol. The maximum absolute atomic E-state index is 13.1. The molecule has 1 N–H and O–H groups in total. The van der Waals surface area contributed by atoms with Crippen molar-refractivity contribution in [1.29, 1.82) is 0 Å². The lowest BCUT2D eigenvalue weighted by molar-refractivity contribution is 0.0993. The highest BCUT2D eigenvalue weighted by Gasteiger charge is 2.39. The van der Waals surface area contributed by atoms with Crippen LogP contribution >= 0.6 is 11.6 Å². The number of benzene rings is 2. The Balaban J connectivity index is 1.72. The predicted molar refractivity (Wildman–Crippen MR) is 111 cm³/mol. The van der Waals surface area contributed by atoms with Crippen LogP contribution in [0, 0.1) is 6.92 Å². The van der Waals surface area contributed by atoms with Crippen LogP contribution in [0.15, 0.2) is 60.8 Å². The van der Waals surface area contributed by atoms with E-state index in [1.165, 1.54) is 0 Å². The van der Waals surface area contributed by atoms with E-state index in [1.54, 1.807) is 23.2 Å². The number of anilines is 2. The van der Waals surface area contributed by atoms with Crippen molar-refractivity contribution in [2.75, 3.05) is 16.8 Å². The first-order valence-corrected chi connectivity index (χ1v) is 9.50. The Morgan fingerprint density at radius 2 is 1.96 bits per heavy atom. The minimum absolute atomic E-state index is 0.0945. The number of carbonyl (C=O) groups is 1. The van der Waals surface area contributed by atoms with E-state index in [-0.39, 0.29) is 5.91 Å². The summed E-state index contributed by atoms with van der Waals surface area (Å²) in [5.74, 6) is 0.673. The zero-order chi connectivity index (χ0) is 19.7. The molecule has 0 saturated heterocycles. The molecule has 0 bridgehead atoms. The molecule has 0 aliphatic carbocycles. The number of aryl methyl sites for hydroxylation is 1. The molecule has 4 rings (SSSR count). The molecule has 142 valence electrons. The zero-order valence-corrected chi connectivity index (χ0v) is 16.4. The van der Waals surface area contributed by atoms with Crippen LogP contribution in [-0.2, 0) is 0 Å². The van der Waals surface area contributed by atoms with Crippen LogP contribution in [0.5, 0.6) is 5.75 Å². The Morgan fingerprint density at radius 1 is 1.18 bits per heavy atom. The molecule has 1 amide bonds. The summed E-state index contributed by atoms with van der Waals surface area (Å²) in [6, 6.07) is 16.8. The minimum atomic E-state index is -0.430. The van der Waals surface area contributed by atoms with E-state index in [0.717, 1.165) is 22.7 Å². The molecule has 1 aromatic heterocycles. The van der Waals surface area contributed by atoms with Crippen LogP contribution in [0.4, 0.5) is 11.4 Å². The molecule has 6 heteroatoms. The Kier molecular flexibility index (Phi) is 4.92. The summed E-state index contributed by atoms with van der Waals surface area (Å²) in [4.78, 5) is 19.3. The van der Waals surface area contributed by atoms with Crippen molar-refractivity contribution in [3.63, 3.8) is 0 Å². The van der Waals surface area contributed by atoms with E-state index in [9.17, 15) is 4.79 Å². The van der Waals surface area contributed by atoms with Gasteiger partial charge in [-0.2, -0.15) is 0 Å². The number of aromatic nitrogens is 1. The minimum Gasteiger partial charge on any atom is -0.494 e. The molecule has 0 saturated carbocycles. The number of ether oxygens (including phenoxy) is 1. The number of amides is 1. The Labute approximate surface area is 168 Å². The monoisotopic (exact) mass is 393 g/mol. The molecule has 0 radical (unpaired) electrons. The second kappa shape index (κ2) is 7.52. The van der Waals surface area contributed by atoms with Crippen LogP contribution in [0.25, 0.3) is 0 Å². The van der Waals surface area contributed by atoms with Crippen molar-refractivity contribution >= 4 is 28.9 Å². The third-order valence-corrected chi connectivity index (χ3v) is 5.11. The molecule has 2 heterocycles.